The highest BCUT2D eigenvalue weighted by molar-refractivity contribution is 9.10. The van der Waals surface area contributed by atoms with E-state index in [1.165, 1.54) is 6.07 Å². The van der Waals surface area contributed by atoms with Gasteiger partial charge in [0.15, 0.2) is 5.82 Å². The Morgan fingerprint density at radius 1 is 1.43 bits per heavy atom. The van der Waals surface area contributed by atoms with Crippen molar-refractivity contribution in [1.29, 1.82) is 0 Å². The van der Waals surface area contributed by atoms with Gasteiger partial charge >= 0.3 is 0 Å². The first-order valence-corrected chi connectivity index (χ1v) is 5.20. The van der Waals surface area contributed by atoms with E-state index in [0.717, 1.165) is 5.56 Å². The van der Waals surface area contributed by atoms with Gasteiger partial charge in [0, 0.05) is 5.54 Å². The summed E-state index contributed by atoms with van der Waals surface area (Å²) >= 11 is 3.06. The third-order valence-corrected chi connectivity index (χ3v) is 2.17. The molecule has 1 aromatic rings. The number of hydrogen-bond donors (Lipinski definition) is 1. The molecule has 1 N–H and O–H groups in total. The minimum atomic E-state index is -0.332. The standard InChI is InChI=1S/C10H14BrFN2/c1-6-5-7(12)8(11)13-9(6)14-10(2,3)4/h5H,1-4H3,(H,13,14). The summed E-state index contributed by atoms with van der Waals surface area (Å²) in [4.78, 5) is 4.09. The van der Waals surface area contributed by atoms with E-state index in [4.69, 9.17) is 0 Å². The summed E-state index contributed by atoms with van der Waals surface area (Å²) in [6.45, 7) is 7.93. The average molecular weight is 261 g/mol. The Balaban J connectivity index is 3.04. The first-order valence-electron chi connectivity index (χ1n) is 4.40. The lowest BCUT2D eigenvalue weighted by molar-refractivity contribution is 0.604. The van der Waals surface area contributed by atoms with Crippen molar-refractivity contribution in [2.75, 3.05) is 5.32 Å². The van der Waals surface area contributed by atoms with E-state index in [1.54, 1.807) is 0 Å². The van der Waals surface area contributed by atoms with Crippen molar-refractivity contribution in [3.63, 3.8) is 0 Å². The predicted octanol–water partition coefficient (Wildman–Crippen LogP) is 3.50. The second-order valence-corrected chi connectivity index (χ2v) is 5.05. The minimum absolute atomic E-state index is 0.0744. The Morgan fingerprint density at radius 2 is 2.00 bits per heavy atom. The molecule has 0 atom stereocenters. The quantitative estimate of drug-likeness (QED) is 0.782. The molecule has 0 amide bonds. The zero-order valence-electron chi connectivity index (χ0n) is 8.78. The summed E-state index contributed by atoms with van der Waals surface area (Å²) in [5, 5.41) is 3.21. The van der Waals surface area contributed by atoms with Gasteiger partial charge in [-0.25, -0.2) is 9.37 Å². The highest BCUT2D eigenvalue weighted by Crippen LogP contribution is 2.22. The third kappa shape index (κ3) is 2.94. The van der Waals surface area contributed by atoms with Gasteiger partial charge in [-0.1, -0.05) is 0 Å². The number of pyridine rings is 1. The largest absolute Gasteiger partial charge is 0.365 e. The average Bonchev–Trinajstić information content (AvgIpc) is 1.97. The predicted molar refractivity (Wildman–Crippen MR) is 60.0 cm³/mol. The molecule has 0 radical (unpaired) electrons. The van der Waals surface area contributed by atoms with Crippen LogP contribution in [0.5, 0.6) is 0 Å². The van der Waals surface area contributed by atoms with Crippen LogP contribution in [0.4, 0.5) is 10.2 Å². The fourth-order valence-electron chi connectivity index (χ4n) is 1.04. The number of aryl methyl sites for hydroxylation is 1. The summed E-state index contributed by atoms with van der Waals surface area (Å²) in [7, 11) is 0. The number of rotatable bonds is 1. The van der Waals surface area contributed by atoms with E-state index in [2.05, 4.69) is 26.2 Å². The molecule has 0 saturated heterocycles. The summed E-state index contributed by atoms with van der Waals surface area (Å²) in [5.74, 6) is 0.382. The molecule has 0 aromatic carbocycles. The molecule has 0 aliphatic rings. The lowest BCUT2D eigenvalue weighted by Gasteiger charge is -2.22. The molecule has 0 saturated carbocycles. The first-order chi connectivity index (χ1) is 6.29. The van der Waals surface area contributed by atoms with Crippen LogP contribution in [0.1, 0.15) is 26.3 Å². The van der Waals surface area contributed by atoms with Crippen LogP contribution in [0.25, 0.3) is 0 Å². The smallest absolute Gasteiger partial charge is 0.156 e. The number of halogens is 2. The fraction of sp³-hybridized carbons (Fsp3) is 0.500. The van der Waals surface area contributed by atoms with Gasteiger partial charge in [-0.2, -0.15) is 0 Å². The van der Waals surface area contributed by atoms with E-state index in [9.17, 15) is 4.39 Å². The molecule has 0 spiro atoms. The van der Waals surface area contributed by atoms with Gasteiger partial charge in [-0.3, -0.25) is 0 Å². The molecule has 78 valence electrons. The molecule has 0 unspecified atom stereocenters. The summed E-state index contributed by atoms with van der Waals surface area (Å²) in [6, 6.07) is 1.46. The number of hydrogen-bond acceptors (Lipinski definition) is 2. The lowest BCUT2D eigenvalue weighted by atomic mass is 10.1. The van der Waals surface area contributed by atoms with Crippen molar-refractivity contribution in [3.8, 4) is 0 Å². The second-order valence-electron chi connectivity index (χ2n) is 4.30. The van der Waals surface area contributed by atoms with Crippen LogP contribution in [0.15, 0.2) is 10.7 Å². The molecular weight excluding hydrogens is 247 g/mol. The second kappa shape index (κ2) is 3.85. The summed E-state index contributed by atoms with van der Waals surface area (Å²) in [5.41, 5.74) is 0.732. The van der Waals surface area contributed by atoms with Crippen LogP contribution in [-0.4, -0.2) is 10.5 Å². The van der Waals surface area contributed by atoms with Gasteiger partial charge in [0.25, 0.3) is 0 Å². The Morgan fingerprint density at radius 3 is 2.50 bits per heavy atom. The maximum atomic E-state index is 13.1. The van der Waals surface area contributed by atoms with Gasteiger partial charge in [0.05, 0.1) is 0 Å². The zero-order chi connectivity index (χ0) is 10.9. The van der Waals surface area contributed by atoms with Crippen molar-refractivity contribution in [2.45, 2.75) is 33.2 Å². The number of anilines is 1. The van der Waals surface area contributed by atoms with Crippen molar-refractivity contribution in [2.24, 2.45) is 0 Å². The normalized spacial score (nSPS) is 11.6. The van der Waals surface area contributed by atoms with E-state index in [1.807, 2.05) is 27.7 Å². The van der Waals surface area contributed by atoms with Crippen LogP contribution in [0, 0.1) is 12.7 Å². The van der Waals surface area contributed by atoms with Crippen LogP contribution < -0.4 is 5.32 Å². The van der Waals surface area contributed by atoms with Gasteiger partial charge in [-0.05, 0) is 55.3 Å². The molecule has 0 bridgehead atoms. The molecule has 1 rings (SSSR count). The number of nitrogens with zero attached hydrogens (tertiary/aromatic N) is 1. The Kier molecular flexibility index (Phi) is 3.14. The highest BCUT2D eigenvalue weighted by Gasteiger charge is 2.13. The maximum Gasteiger partial charge on any atom is 0.156 e. The van der Waals surface area contributed by atoms with E-state index in [0.29, 0.717) is 5.82 Å². The van der Waals surface area contributed by atoms with Gasteiger partial charge in [0.2, 0.25) is 0 Å². The molecule has 2 nitrogen and oxygen atoms in total. The first kappa shape index (κ1) is 11.4. The zero-order valence-corrected chi connectivity index (χ0v) is 10.4. The Labute approximate surface area is 92.1 Å². The molecule has 0 fully saturated rings. The molecule has 14 heavy (non-hydrogen) atoms. The van der Waals surface area contributed by atoms with Gasteiger partial charge < -0.3 is 5.32 Å². The maximum absolute atomic E-state index is 13.1. The number of aromatic nitrogens is 1. The Bertz CT molecular complexity index is 345. The summed E-state index contributed by atoms with van der Waals surface area (Å²) < 4.78 is 13.3. The van der Waals surface area contributed by atoms with Crippen LogP contribution in [0.3, 0.4) is 0 Å². The Hall–Kier alpha value is -0.640. The van der Waals surface area contributed by atoms with Crippen molar-refractivity contribution >= 4 is 21.7 Å². The summed E-state index contributed by atoms with van der Waals surface area (Å²) in [6.07, 6.45) is 0. The number of nitrogens with one attached hydrogen (secondary N) is 1. The lowest BCUT2D eigenvalue weighted by Crippen LogP contribution is -2.27. The van der Waals surface area contributed by atoms with Gasteiger partial charge in [0.1, 0.15) is 10.4 Å². The van der Waals surface area contributed by atoms with Crippen LogP contribution in [0.2, 0.25) is 0 Å². The molecule has 1 heterocycles. The minimum Gasteiger partial charge on any atom is -0.365 e. The van der Waals surface area contributed by atoms with Crippen LogP contribution in [-0.2, 0) is 0 Å². The monoisotopic (exact) mass is 260 g/mol. The molecule has 0 aliphatic heterocycles. The van der Waals surface area contributed by atoms with Crippen molar-refractivity contribution in [3.05, 3.63) is 22.1 Å². The third-order valence-electron chi connectivity index (χ3n) is 1.62. The molecule has 1 aromatic heterocycles. The fourth-order valence-corrected chi connectivity index (χ4v) is 1.33. The van der Waals surface area contributed by atoms with Gasteiger partial charge in [-0.15, -0.1) is 0 Å². The molecule has 4 heteroatoms. The topological polar surface area (TPSA) is 24.9 Å². The van der Waals surface area contributed by atoms with E-state index in [-0.39, 0.29) is 16.0 Å². The van der Waals surface area contributed by atoms with Crippen molar-refractivity contribution in [1.82, 2.24) is 4.98 Å². The highest BCUT2D eigenvalue weighted by atomic mass is 79.9. The SMILES string of the molecule is Cc1cc(F)c(Br)nc1NC(C)(C)C. The molecular formula is C10H14BrFN2. The van der Waals surface area contributed by atoms with E-state index >= 15 is 0 Å². The van der Waals surface area contributed by atoms with E-state index < -0.39 is 0 Å². The van der Waals surface area contributed by atoms with Crippen molar-refractivity contribution < 1.29 is 4.39 Å². The molecule has 0 aliphatic carbocycles. The van der Waals surface area contributed by atoms with Crippen LogP contribution >= 0.6 is 15.9 Å².